The molecule has 4 nitrogen and oxygen atoms in total. The van der Waals surface area contributed by atoms with Gasteiger partial charge in [0.25, 0.3) is 0 Å². The van der Waals surface area contributed by atoms with Crippen LogP contribution in [0.3, 0.4) is 0 Å². The summed E-state index contributed by atoms with van der Waals surface area (Å²) in [6, 6.07) is 8.88. The summed E-state index contributed by atoms with van der Waals surface area (Å²) in [6.45, 7) is 0.811. The van der Waals surface area contributed by atoms with Gasteiger partial charge in [-0.25, -0.2) is 4.39 Å². The van der Waals surface area contributed by atoms with Crippen molar-refractivity contribution >= 4 is 5.78 Å². The summed E-state index contributed by atoms with van der Waals surface area (Å²) in [7, 11) is 1.43. The van der Waals surface area contributed by atoms with Crippen LogP contribution in [0.1, 0.15) is 15.9 Å². The SMILES string of the molecule is COc1ccc(F)cc1C(=O)c1cccc2c1OCCO2. The minimum Gasteiger partial charge on any atom is -0.496 e. The average molecular weight is 288 g/mol. The predicted octanol–water partition coefficient (Wildman–Crippen LogP) is 2.84. The topological polar surface area (TPSA) is 44.8 Å². The molecule has 0 fully saturated rings. The van der Waals surface area contributed by atoms with Gasteiger partial charge >= 0.3 is 0 Å². The zero-order chi connectivity index (χ0) is 14.8. The van der Waals surface area contributed by atoms with Crippen molar-refractivity contribution in [1.29, 1.82) is 0 Å². The first kappa shape index (κ1) is 13.4. The first-order valence-electron chi connectivity index (χ1n) is 6.47. The van der Waals surface area contributed by atoms with Gasteiger partial charge in [-0.1, -0.05) is 6.07 Å². The number of hydrogen-bond donors (Lipinski definition) is 0. The highest BCUT2D eigenvalue weighted by molar-refractivity contribution is 6.12. The molecular formula is C16H13FO4. The summed E-state index contributed by atoms with van der Waals surface area (Å²) >= 11 is 0. The fraction of sp³-hybridized carbons (Fsp3) is 0.188. The molecule has 1 aliphatic heterocycles. The largest absolute Gasteiger partial charge is 0.496 e. The molecule has 0 spiro atoms. The zero-order valence-corrected chi connectivity index (χ0v) is 11.4. The first-order chi connectivity index (χ1) is 10.2. The highest BCUT2D eigenvalue weighted by Gasteiger charge is 2.23. The molecule has 1 aliphatic rings. The van der Waals surface area contributed by atoms with E-state index in [1.54, 1.807) is 18.2 Å². The van der Waals surface area contributed by atoms with Crippen LogP contribution in [0.25, 0.3) is 0 Å². The van der Waals surface area contributed by atoms with Gasteiger partial charge in [0, 0.05) is 0 Å². The minimum absolute atomic E-state index is 0.153. The van der Waals surface area contributed by atoms with E-state index in [1.807, 2.05) is 0 Å². The molecule has 3 rings (SSSR count). The molecule has 2 aromatic carbocycles. The highest BCUT2D eigenvalue weighted by Crippen LogP contribution is 2.36. The Morgan fingerprint density at radius 1 is 1.14 bits per heavy atom. The maximum absolute atomic E-state index is 13.4. The van der Waals surface area contributed by atoms with Crippen LogP contribution in [0.15, 0.2) is 36.4 Å². The van der Waals surface area contributed by atoms with E-state index in [-0.39, 0.29) is 11.3 Å². The molecule has 0 saturated carbocycles. The van der Waals surface area contributed by atoms with Crippen LogP contribution < -0.4 is 14.2 Å². The second-order valence-corrected chi connectivity index (χ2v) is 4.50. The third-order valence-electron chi connectivity index (χ3n) is 3.22. The molecule has 2 aromatic rings. The molecule has 21 heavy (non-hydrogen) atoms. The number of halogens is 1. The maximum atomic E-state index is 13.4. The molecule has 0 unspecified atom stereocenters. The lowest BCUT2D eigenvalue weighted by Gasteiger charge is -2.20. The van der Waals surface area contributed by atoms with Gasteiger partial charge in [0.1, 0.15) is 24.8 Å². The summed E-state index contributed by atoms with van der Waals surface area (Å²) in [6.07, 6.45) is 0. The Morgan fingerprint density at radius 2 is 1.95 bits per heavy atom. The van der Waals surface area contributed by atoms with E-state index in [0.717, 1.165) is 6.07 Å². The van der Waals surface area contributed by atoms with Gasteiger partial charge in [0.15, 0.2) is 11.5 Å². The number of fused-ring (bicyclic) bond motifs is 1. The van der Waals surface area contributed by atoms with E-state index >= 15 is 0 Å². The Morgan fingerprint density at radius 3 is 2.76 bits per heavy atom. The standard InChI is InChI=1S/C16H13FO4/c1-19-13-6-5-10(17)9-12(13)15(18)11-3-2-4-14-16(11)21-8-7-20-14/h2-6,9H,7-8H2,1H3. The molecule has 0 atom stereocenters. The van der Waals surface area contributed by atoms with Gasteiger partial charge in [-0.3, -0.25) is 4.79 Å². The molecular weight excluding hydrogens is 275 g/mol. The van der Waals surface area contributed by atoms with Crippen molar-refractivity contribution in [2.24, 2.45) is 0 Å². The molecule has 1 heterocycles. The molecule has 0 N–H and O–H groups in total. The average Bonchev–Trinajstić information content (AvgIpc) is 2.53. The minimum atomic E-state index is -0.499. The number of ether oxygens (including phenoxy) is 3. The second kappa shape index (κ2) is 5.44. The fourth-order valence-corrected chi connectivity index (χ4v) is 2.26. The number of hydrogen-bond acceptors (Lipinski definition) is 4. The molecule has 0 aliphatic carbocycles. The van der Waals surface area contributed by atoms with Crippen molar-refractivity contribution in [1.82, 2.24) is 0 Å². The number of rotatable bonds is 3. The number of methoxy groups -OCH3 is 1. The normalized spacial score (nSPS) is 12.9. The van der Waals surface area contributed by atoms with Crippen LogP contribution in [0, 0.1) is 5.82 Å². The van der Waals surface area contributed by atoms with E-state index in [0.29, 0.717) is 36.0 Å². The summed E-state index contributed by atoms with van der Waals surface area (Å²) in [5, 5.41) is 0. The van der Waals surface area contributed by atoms with Crippen molar-refractivity contribution in [3.05, 3.63) is 53.3 Å². The second-order valence-electron chi connectivity index (χ2n) is 4.50. The van der Waals surface area contributed by atoms with Gasteiger partial charge in [-0.15, -0.1) is 0 Å². The Labute approximate surface area is 121 Å². The lowest BCUT2D eigenvalue weighted by Crippen LogP contribution is -2.18. The zero-order valence-electron chi connectivity index (χ0n) is 11.4. The van der Waals surface area contributed by atoms with E-state index < -0.39 is 5.82 Å². The number of carbonyl (C=O) groups excluding carboxylic acids is 1. The van der Waals surface area contributed by atoms with Crippen molar-refractivity contribution in [2.75, 3.05) is 20.3 Å². The summed E-state index contributed by atoms with van der Waals surface area (Å²) < 4.78 is 29.5. The number of ketones is 1. The number of carbonyl (C=O) groups is 1. The lowest BCUT2D eigenvalue weighted by molar-refractivity contribution is 0.102. The van der Waals surface area contributed by atoms with Crippen molar-refractivity contribution in [3.8, 4) is 17.2 Å². The van der Waals surface area contributed by atoms with Crippen LogP contribution in [-0.2, 0) is 0 Å². The van der Waals surface area contributed by atoms with Gasteiger partial charge in [0.05, 0.1) is 18.2 Å². The van der Waals surface area contributed by atoms with Gasteiger partial charge in [0.2, 0.25) is 5.78 Å². The van der Waals surface area contributed by atoms with Crippen LogP contribution >= 0.6 is 0 Å². The van der Waals surface area contributed by atoms with Gasteiger partial charge in [-0.05, 0) is 30.3 Å². The molecule has 108 valence electrons. The summed E-state index contributed by atoms with van der Waals surface area (Å²) in [4.78, 5) is 12.7. The molecule has 0 bridgehead atoms. The van der Waals surface area contributed by atoms with Gasteiger partial charge < -0.3 is 14.2 Å². The molecule has 0 amide bonds. The molecule has 0 aromatic heterocycles. The van der Waals surface area contributed by atoms with E-state index in [4.69, 9.17) is 14.2 Å². The smallest absolute Gasteiger partial charge is 0.200 e. The monoisotopic (exact) mass is 288 g/mol. The summed E-state index contributed by atoms with van der Waals surface area (Å²) in [5.74, 6) is 0.355. The Hall–Kier alpha value is -2.56. The van der Waals surface area contributed by atoms with Crippen LogP contribution in [0.2, 0.25) is 0 Å². The molecule has 5 heteroatoms. The van der Waals surface area contributed by atoms with Crippen molar-refractivity contribution in [3.63, 3.8) is 0 Å². The van der Waals surface area contributed by atoms with Crippen LogP contribution in [0.4, 0.5) is 4.39 Å². The third kappa shape index (κ3) is 2.42. The highest BCUT2D eigenvalue weighted by atomic mass is 19.1. The van der Waals surface area contributed by atoms with Crippen molar-refractivity contribution in [2.45, 2.75) is 0 Å². The van der Waals surface area contributed by atoms with E-state index in [9.17, 15) is 9.18 Å². The lowest BCUT2D eigenvalue weighted by atomic mass is 10.0. The first-order valence-corrected chi connectivity index (χ1v) is 6.47. The number of benzene rings is 2. The predicted molar refractivity (Wildman–Crippen MR) is 73.8 cm³/mol. The van der Waals surface area contributed by atoms with E-state index in [2.05, 4.69) is 0 Å². The van der Waals surface area contributed by atoms with E-state index in [1.165, 1.54) is 19.2 Å². The number of para-hydroxylation sites is 1. The van der Waals surface area contributed by atoms with Gasteiger partial charge in [-0.2, -0.15) is 0 Å². The van der Waals surface area contributed by atoms with Crippen LogP contribution in [0.5, 0.6) is 17.2 Å². The third-order valence-corrected chi connectivity index (χ3v) is 3.22. The quantitative estimate of drug-likeness (QED) is 0.815. The molecule has 0 radical (unpaired) electrons. The van der Waals surface area contributed by atoms with Crippen LogP contribution in [-0.4, -0.2) is 26.1 Å². The Kier molecular flexibility index (Phi) is 3.48. The Bertz CT molecular complexity index is 697. The van der Waals surface area contributed by atoms with Crippen molar-refractivity contribution < 1.29 is 23.4 Å². The maximum Gasteiger partial charge on any atom is 0.200 e. The fourth-order valence-electron chi connectivity index (χ4n) is 2.26. The summed E-state index contributed by atoms with van der Waals surface area (Å²) in [5.41, 5.74) is 0.483. The Balaban J connectivity index is 2.09. The molecule has 0 saturated heterocycles.